The molecule has 2 aliphatic rings. The van der Waals surface area contributed by atoms with Gasteiger partial charge in [0, 0.05) is 51.7 Å². The molecule has 0 aliphatic carbocycles. The first-order valence-electron chi connectivity index (χ1n) is 6.85. The highest BCUT2D eigenvalue weighted by Crippen LogP contribution is 2.20. The smallest absolute Gasteiger partial charge is 0.410 e. The van der Waals surface area contributed by atoms with Gasteiger partial charge in [-0.2, -0.15) is 0 Å². The van der Waals surface area contributed by atoms with Crippen LogP contribution in [0, 0.1) is 5.92 Å². The molecule has 0 atom stereocenters. The SMILES string of the molecule is CC(C)(C)OC(=O)N1CC(CN2CCNCC2)C1. The van der Waals surface area contributed by atoms with Crippen LogP contribution in [0.3, 0.4) is 0 Å². The second-order valence-corrected chi connectivity index (χ2v) is 6.30. The topological polar surface area (TPSA) is 44.8 Å². The van der Waals surface area contributed by atoms with Gasteiger partial charge in [-0.05, 0) is 20.8 Å². The quantitative estimate of drug-likeness (QED) is 0.791. The van der Waals surface area contributed by atoms with E-state index in [1.54, 1.807) is 4.90 Å². The first-order valence-corrected chi connectivity index (χ1v) is 6.85. The molecule has 18 heavy (non-hydrogen) atoms. The predicted octanol–water partition coefficient (Wildman–Crippen LogP) is 0.759. The van der Waals surface area contributed by atoms with Gasteiger partial charge in [-0.3, -0.25) is 0 Å². The molecule has 2 heterocycles. The van der Waals surface area contributed by atoms with Gasteiger partial charge in [0.05, 0.1) is 0 Å². The van der Waals surface area contributed by atoms with Crippen LogP contribution in [-0.2, 0) is 4.74 Å². The molecule has 1 N–H and O–H groups in total. The molecule has 2 rings (SSSR count). The summed E-state index contributed by atoms with van der Waals surface area (Å²) >= 11 is 0. The van der Waals surface area contributed by atoms with Gasteiger partial charge in [-0.15, -0.1) is 0 Å². The largest absolute Gasteiger partial charge is 0.444 e. The zero-order valence-corrected chi connectivity index (χ0v) is 11.7. The maximum Gasteiger partial charge on any atom is 0.410 e. The minimum absolute atomic E-state index is 0.168. The summed E-state index contributed by atoms with van der Waals surface area (Å²) in [5, 5.41) is 3.35. The van der Waals surface area contributed by atoms with Crippen LogP contribution in [0.2, 0.25) is 0 Å². The van der Waals surface area contributed by atoms with Crippen molar-refractivity contribution in [1.29, 1.82) is 0 Å². The van der Waals surface area contributed by atoms with Gasteiger partial charge in [0.2, 0.25) is 0 Å². The fraction of sp³-hybridized carbons (Fsp3) is 0.923. The van der Waals surface area contributed by atoms with Gasteiger partial charge in [-0.25, -0.2) is 4.79 Å². The van der Waals surface area contributed by atoms with Crippen molar-refractivity contribution in [2.45, 2.75) is 26.4 Å². The molecule has 0 radical (unpaired) electrons. The molecule has 0 aromatic rings. The van der Waals surface area contributed by atoms with Crippen molar-refractivity contribution < 1.29 is 9.53 Å². The molecule has 0 saturated carbocycles. The lowest BCUT2D eigenvalue weighted by atomic mass is 10.00. The number of carbonyl (C=O) groups excluding carboxylic acids is 1. The summed E-state index contributed by atoms with van der Waals surface area (Å²) in [6, 6.07) is 0. The zero-order valence-electron chi connectivity index (χ0n) is 11.7. The van der Waals surface area contributed by atoms with Gasteiger partial charge < -0.3 is 19.9 Å². The summed E-state index contributed by atoms with van der Waals surface area (Å²) < 4.78 is 5.34. The van der Waals surface area contributed by atoms with E-state index in [9.17, 15) is 4.79 Å². The maximum atomic E-state index is 11.8. The number of nitrogens with one attached hydrogen (secondary N) is 1. The van der Waals surface area contributed by atoms with Crippen LogP contribution in [0.4, 0.5) is 4.79 Å². The van der Waals surface area contributed by atoms with Gasteiger partial charge >= 0.3 is 6.09 Å². The lowest BCUT2D eigenvalue weighted by Gasteiger charge is -2.42. The highest BCUT2D eigenvalue weighted by Gasteiger charge is 2.34. The Morgan fingerprint density at radius 2 is 1.89 bits per heavy atom. The van der Waals surface area contributed by atoms with E-state index in [1.807, 2.05) is 20.8 Å². The van der Waals surface area contributed by atoms with Crippen molar-refractivity contribution >= 4 is 6.09 Å². The van der Waals surface area contributed by atoms with E-state index in [0.29, 0.717) is 5.92 Å². The maximum absolute atomic E-state index is 11.8. The Kier molecular flexibility index (Phi) is 4.12. The average molecular weight is 255 g/mol. The lowest BCUT2D eigenvalue weighted by Crippen LogP contribution is -2.56. The molecular weight excluding hydrogens is 230 g/mol. The van der Waals surface area contributed by atoms with E-state index in [2.05, 4.69) is 10.2 Å². The lowest BCUT2D eigenvalue weighted by molar-refractivity contribution is -0.00687. The fourth-order valence-corrected chi connectivity index (χ4v) is 2.42. The number of carbonyl (C=O) groups is 1. The molecule has 0 aromatic heterocycles. The molecule has 2 fully saturated rings. The molecule has 5 heteroatoms. The summed E-state index contributed by atoms with van der Waals surface area (Å²) in [4.78, 5) is 16.0. The van der Waals surface area contributed by atoms with Crippen LogP contribution in [0.15, 0.2) is 0 Å². The monoisotopic (exact) mass is 255 g/mol. The average Bonchev–Trinajstić information content (AvgIpc) is 2.21. The Labute approximate surface area is 109 Å². The zero-order chi connectivity index (χ0) is 13.2. The molecule has 104 valence electrons. The Balaban J connectivity index is 1.65. The molecule has 0 spiro atoms. The van der Waals surface area contributed by atoms with E-state index in [4.69, 9.17) is 4.74 Å². The molecular formula is C13H25N3O2. The minimum atomic E-state index is -0.388. The van der Waals surface area contributed by atoms with E-state index in [0.717, 1.165) is 45.8 Å². The number of ether oxygens (including phenoxy) is 1. The highest BCUT2D eigenvalue weighted by atomic mass is 16.6. The second kappa shape index (κ2) is 5.45. The van der Waals surface area contributed by atoms with Crippen LogP contribution < -0.4 is 5.32 Å². The Morgan fingerprint density at radius 3 is 2.44 bits per heavy atom. The van der Waals surface area contributed by atoms with Crippen LogP contribution in [0.1, 0.15) is 20.8 Å². The summed E-state index contributed by atoms with van der Waals surface area (Å²) in [7, 11) is 0. The van der Waals surface area contributed by atoms with Crippen LogP contribution >= 0.6 is 0 Å². The van der Waals surface area contributed by atoms with Crippen molar-refractivity contribution in [2.75, 3.05) is 45.8 Å². The predicted molar refractivity (Wildman–Crippen MR) is 70.6 cm³/mol. The van der Waals surface area contributed by atoms with Crippen molar-refractivity contribution in [3.8, 4) is 0 Å². The van der Waals surface area contributed by atoms with Gasteiger partial charge in [0.15, 0.2) is 0 Å². The van der Waals surface area contributed by atoms with Crippen molar-refractivity contribution in [1.82, 2.24) is 15.1 Å². The molecule has 0 unspecified atom stereocenters. The third-order valence-corrected chi connectivity index (χ3v) is 3.33. The van der Waals surface area contributed by atoms with Gasteiger partial charge in [0.25, 0.3) is 0 Å². The van der Waals surface area contributed by atoms with Crippen molar-refractivity contribution in [3.63, 3.8) is 0 Å². The molecule has 0 aromatic carbocycles. The third kappa shape index (κ3) is 3.85. The summed E-state index contributed by atoms with van der Waals surface area (Å²) in [6.07, 6.45) is -0.168. The standard InChI is InChI=1S/C13H25N3O2/c1-13(2,3)18-12(17)16-9-11(10-16)8-15-6-4-14-5-7-15/h11,14H,4-10H2,1-3H3. The Morgan fingerprint density at radius 1 is 1.28 bits per heavy atom. The van der Waals surface area contributed by atoms with Crippen LogP contribution in [0.5, 0.6) is 0 Å². The molecule has 0 bridgehead atoms. The third-order valence-electron chi connectivity index (χ3n) is 3.33. The molecule has 5 nitrogen and oxygen atoms in total. The number of likely N-dealkylation sites (tertiary alicyclic amines) is 1. The fourth-order valence-electron chi connectivity index (χ4n) is 2.42. The summed E-state index contributed by atoms with van der Waals surface area (Å²) in [5.41, 5.74) is -0.388. The first kappa shape index (κ1) is 13.6. The minimum Gasteiger partial charge on any atom is -0.444 e. The molecule has 2 saturated heterocycles. The molecule has 2 aliphatic heterocycles. The number of rotatable bonds is 2. The number of piperazine rings is 1. The van der Waals surface area contributed by atoms with E-state index < -0.39 is 0 Å². The first-order chi connectivity index (χ1) is 8.44. The number of hydrogen-bond acceptors (Lipinski definition) is 4. The molecule has 1 amide bonds. The highest BCUT2D eigenvalue weighted by molar-refractivity contribution is 5.69. The second-order valence-electron chi connectivity index (χ2n) is 6.30. The number of hydrogen-bond donors (Lipinski definition) is 1. The number of nitrogens with zero attached hydrogens (tertiary/aromatic N) is 2. The van der Waals surface area contributed by atoms with Crippen LogP contribution in [0.25, 0.3) is 0 Å². The number of amides is 1. The summed E-state index contributed by atoms with van der Waals surface area (Å²) in [6.45, 7) is 12.9. The Bertz CT molecular complexity index is 289. The Hall–Kier alpha value is -0.810. The summed E-state index contributed by atoms with van der Waals surface area (Å²) in [5.74, 6) is 0.621. The van der Waals surface area contributed by atoms with Crippen LogP contribution in [-0.4, -0.2) is 67.3 Å². The van der Waals surface area contributed by atoms with Crippen molar-refractivity contribution in [2.24, 2.45) is 5.92 Å². The van der Waals surface area contributed by atoms with E-state index in [-0.39, 0.29) is 11.7 Å². The normalized spacial score (nSPS) is 22.7. The van der Waals surface area contributed by atoms with Gasteiger partial charge in [-0.1, -0.05) is 0 Å². The van der Waals surface area contributed by atoms with Gasteiger partial charge in [0.1, 0.15) is 5.60 Å². The van der Waals surface area contributed by atoms with Crippen molar-refractivity contribution in [3.05, 3.63) is 0 Å². The van der Waals surface area contributed by atoms with E-state index >= 15 is 0 Å². The van der Waals surface area contributed by atoms with E-state index in [1.165, 1.54) is 0 Å².